The van der Waals surface area contributed by atoms with Gasteiger partial charge in [0.05, 0.1) is 11.4 Å². The summed E-state index contributed by atoms with van der Waals surface area (Å²) < 4.78 is 0. The fourth-order valence-corrected chi connectivity index (χ4v) is 2.94. The van der Waals surface area contributed by atoms with Crippen LogP contribution >= 0.6 is 0 Å². The maximum Gasteiger partial charge on any atom is 0.273 e. The lowest BCUT2D eigenvalue weighted by Crippen LogP contribution is -2.37. The van der Waals surface area contributed by atoms with E-state index in [1.807, 2.05) is 13.8 Å². The lowest BCUT2D eigenvalue weighted by Gasteiger charge is -2.33. The molecule has 4 N–H and O–H groups in total. The second kappa shape index (κ2) is 5.85. The number of aromatic amines is 1. The zero-order valence-corrected chi connectivity index (χ0v) is 12.8. The predicted molar refractivity (Wildman–Crippen MR) is 80.6 cm³/mol. The molecule has 20 heavy (non-hydrogen) atoms. The summed E-state index contributed by atoms with van der Waals surface area (Å²) in [6, 6.07) is 0. The van der Waals surface area contributed by atoms with Crippen molar-refractivity contribution in [3.8, 4) is 0 Å². The van der Waals surface area contributed by atoms with Gasteiger partial charge in [0.25, 0.3) is 5.91 Å². The first kappa shape index (κ1) is 14.9. The summed E-state index contributed by atoms with van der Waals surface area (Å²) in [4.78, 5) is 12.2. The Labute approximate surface area is 120 Å². The molecule has 0 bridgehead atoms. The molecule has 112 valence electrons. The molecule has 0 spiro atoms. The topological polar surface area (TPSA) is 83.8 Å². The Bertz CT molecular complexity index is 472. The number of nitrogens with zero attached hydrogens (tertiary/aromatic N) is 1. The first-order valence-electron chi connectivity index (χ1n) is 7.55. The Morgan fingerprint density at radius 3 is 2.60 bits per heavy atom. The molecule has 0 atom stereocenters. The van der Waals surface area contributed by atoms with Crippen LogP contribution in [-0.4, -0.2) is 22.6 Å². The third-order valence-corrected chi connectivity index (χ3v) is 4.36. The van der Waals surface area contributed by atoms with Gasteiger partial charge in [0.1, 0.15) is 0 Å². The van der Waals surface area contributed by atoms with Crippen LogP contribution in [0.5, 0.6) is 0 Å². The highest BCUT2D eigenvalue weighted by atomic mass is 16.1. The molecule has 1 aromatic rings. The number of nitrogen functional groups attached to an aromatic ring is 1. The normalized spacial score (nSPS) is 18.2. The highest BCUT2D eigenvalue weighted by Gasteiger charge is 2.28. The van der Waals surface area contributed by atoms with E-state index in [-0.39, 0.29) is 17.2 Å². The molecule has 0 unspecified atom stereocenters. The van der Waals surface area contributed by atoms with Crippen LogP contribution in [0, 0.1) is 5.41 Å². The van der Waals surface area contributed by atoms with Crippen molar-refractivity contribution < 1.29 is 4.79 Å². The molecule has 2 rings (SSSR count). The van der Waals surface area contributed by atoms with Crippen LogP contribution in [0.3, 0.4) is 0 Å². The van der Waals surface area contributed by atoms with Crippen molar-refractivity contribution in [2.24, 2.45) is 5.41 Å². The molecular formula is C15H26N4O. The van der Waals surface area contributed by atoms with Crippen molar-refractivity contribution >= 4 is 11.6 Å². The van der Waals surface area contributed by atoms with Crippen molar-refractivity contribution in [2.45, 2.75) is 58.8 Å². The smallest absolute Gasteiger partial charge is 0.273 e. The van der Waals surface area contributed by atoms with E-state index < -0.39 is 0 Å². The van der Waals surface area contributed by atoms with Gasteiger partial charge < -0.3 is 11.1 Å². The molecule has 1 amide bonds. The van der Waals surface area contributed by atoms with Gasteiger partial charge in [0.2, 0.25) is 0 Å². The second-order valence-electron chi connectivity index (χ2n) is 6.61. The minimum absolute atomic E-state index is 0.169. The van der Waals surface area contributed by atoms with Crippen LogP contribution < -0.4 is 11.1 Å². The molecule has 1 aliphatic rings. The predicted octanol–water partition coefficient (Wildman–Crippen LogP) is 2.82. The quantitative estimate of drug-likeness (QED) is 0.791. The highest BCUT2D eigenvalue weighted by molar-refractivity contribution is 5.97. The summed E-state index contributed by atoms with van der Waals surface area (Å²) in [6.07, 6.45) is 6.19. The number of nitrogens with two attached hydrogens (primary N) is 1. The standard InChI is InChI=1S/C15H26N4O/c1-10(2)12-11(16)13(19-18-12)14(20)17-9-15(3)7-5-4-6-8-15/h10H,4-9,16H2,1-3H3,(H,17,20)(H,18,19). The van der Waals surface area contributed by atoms with Gasteiger partial charge in [0, 0.05) is 6.54 Å². The van der Waals surface area contributed by atoms with Crippen molar-refractivity contribution in [1.82, 2.24) is 15.5 Å². The zero-order valence-electron chi connectivity index (χ0n) is 12.8. The Morgan fingerprint density at radius 1 is 1.40 bits per heavy atom. The molecule has 5 heteroatoms. The van der Waals surface area contributed by atoms with E-state index in [0.29, 0.717) is 17.9 Å². The molecule has 0 aromatic carbocycles. The van der Waals surface area contributed by atoms with Crippen LogP contribution in [0.4, 0.5) is 5.69 Å². The first-order valence-corrected chi connectivity index (χ1v) is 7.55. The Hall–Kier alpha value is -1.52. The third kappa shape index (κ3) is 3.14. The van der Waals surface area contributed by atoms with Gasteiger partial charge in [-0.1, -0.05) is 40.0 Å². The van der Waals surface area contributed by atoms with Gasteiger partial charge >= 0.3 is 0 Å². The van der Waals surface area contributed by atoms with Gasteiger partial charge in [-0.05, 0) is 24.2 Å². The molecule has 1 heterocycles. The Morgan fingerprint density at radius 2 is 2.05 bits per heavy atom. The molecule has 1 aliphatic carbocycles. The van der Waals surface area contributed by atoms with E-state index in [2.05, 4.69) is 22.4 Å². The number of nitrogens with one attached hydrogen (secondary N) is 2. The lowest BCUT2D eigenvalue weighted by atomic mass is 9.76. The third-order valence-electron chi connectivity index (χ3n) is 4.36. The highest BCUT2D eigenvalue weighted by Crippen LogP contribution is 2.35. The molecule has 5 nitrogen and oxygen atoms in total. The summed E-state index contributed by atoms with van der Waals surface area (Å²) in [5.41, 5.74) is 7.85. The van der Waals surface area contributed by atoms with E-state index in [9.17, 15) is 4.79 Å². The number of carbonyl (C=O) groups is 1. The molecule has 0 radical (unpaired) electrons. The summed E-state index contributed by atoms with van der Waals surface area (Å²) in [7, 11) is 0. The Kier molecular flexibility index (Phi) is 4.35. The number of anilines is 1. The number of rotatable bonds is 4. The maximum atomic E-state index is 12.2. The first-order chi connectivity index (χ1) is 9.43. The van der Waals surface area contributed by atoms with Gasteiger partial charge in [-0.15, -0.1) is 0 Å². The Balaban J connectivity index is 1.98. The largest absolute Gasteiger partial charge is 0.395 e. The van der Waals surface area contributed by atoms with Crippen molar-refractivity contribution in [3.63, 3.8) is 0 Å². The number of amides is 1. The second-order valence-corrected chi connectivity index (χ2v) is 6.61. The minimum Gasteiger partial charge on any atom is -0.395 e. The molecule has 1 saturated carbocycles. The van der Waals surface area contributed by atoms with E-state index >= 15 is 0 Å². The van der Waals surface area contributed by atoms with E-state index in [0.717, 1.165) is 5.69 Å². The van der Waals surface area contributed by atoms with Crippen molar-refractivity contribution in [3.05, 3.63) is 11.4 Å². The molecule has 1 fully saturated rings. The summed E-state index contributed by atoms with van der Waals surface area (Å²) in [5.74, 6) is 0.0670. The van der Waals surface area contributed by atoms with Gasteiger partial charge in [0.15, 0.2) is 5.69 Å². The van der Waals surface area contributed by atoms with Crippen LogP contribution in [0.1, 0.15) is 75.0 Å². The number of H-pyrrole nitrogens is 1. The number of hydrogen-bond acceptors (Lipinski definition) is 3. The summed E-state index contributed by atoms with van der Waals surface area (Å²) in [6.45, 7) is 7.00. The average Bonchev–Trinajstić information content (AvgIpc) is 2.79. The molecule has 0 aliphatic heterocycles. The van der Waals surface area contributed by atoms with Crippen molar-refractivity contribution in [2.75, 3.05) is 12.3 Å². The fourth-order valence-electron chi connectivity index (χ4n) is 2.94. The maximum absolute atomic E-state index is 12.2. The number of hydrogen-bond donors (Lipinski definition) is 3. The van der Waals surface area contributed by atoms with E-state index in [1.165, 1.54) is 32.1 Å². The zero-order chi connectivity index (χ0) is 14.8. The van der Waals surface area contributed by atoms with Gasteiger partial charge in [-0.25, -0.2) is 0 Å². The minimum atomic E-state index is -0.169. The summed E-state index contributed by atoms with van der Waals surface area (Å²) in [5, 5.41) is 9.93. The van der Waals surface area contributed by atoms with Gasteiger partial charge in [-0.3, -0.25) is 9.89 Å². The monoisotopic (exact) mass is 278 g/mol. The SMILES string of the molecule is CC(C)c1[nH]nc(C(=O)NCC2(C)CCCCC2)c1N. The lowest BCUT2D eigenvalue weighted by molar-refractivity contribution is 0.0915. The number of aromatic nitrogens is 2. The number of carbonyl (C=O) groups excluding carboxylic acids is 1. The molecular weight excluding hydrogens is 252 g/mol. The van der Waals surface area contributed by atoms with Gasteiger partial charge in [-0.2, -0.15) is 5.10 Å². The molecule has 0 saturated heterocycles. The van der Waals surface area contributed by atoms with Crippen LogP contribution in [0.25, 0.3) is 0 Å². The average molecular weight is 278 g/mol. The van der Waals surface area contributed by atoms with E-state index in [4.69, 9.17) is 5.73 Å². The summed E-state index contributed by atoms with van der Waals surface area (Å²) >= 11 is 0. The van der Waals surface area contributed by atoms with Crippen LogP contribution in [0.2, 0.25) is 0 Å². The van der Waals surface area contributed by atoms with Crippen LogP contribution in [0.15, 0.2) is 0 Å². The van der Waals surface area contributed by atoms with Crippen molar-refractivity contribution in [1.29, 1.82) is 0 Å². The van der Waals surface area contributed by atoms with Crippen LogP contribution in [-0.2, 0) is 0 Å². The van der Waals surface area contributed by atoms with E-state index in [1.54, 1.807) is 0 Å². The molecule has 1 aromatic heterocycles. The fraction of sp³-hybridized carbons (Fsp3) is 0.733.